The number of anilines is 1. The number of carbonyl (C=O) groups is 2. The minimum absolute atomic E-state index is 0.151. The maximum absolute atomic E-state index is 12.2. The second-order valence-electron chi connectivity index (χ2n) is 5.60. The fourth-order valence-electron chi connectivity index (χ4n) is 2.26. The molecule has 0 radical (unpaired) electrons. The third-order valence-corrected chi connectivity index (χ3v) is 4.32. The average molecular weight is 398 g/mol. The van der Waals surface area contributed by atoms with E-state index in [1.165, 1.54) is 11.3 Å². The average Bonchev–Trinajstić information content (AvgIpc) is 3.17. The Labute approximate surface area is 165 Å². The third kappa shape index (κ3) is 5.38. The molecule has 0 aliphatic carbocycles. The summed E-state index contributed by atoms with van der Waals surface area (Å²) < 4.78 is 15.8. The Morgan fingerprint density at radius 3 is 2.61 bits per heavy atom. The summed E-state index contributed by atoms with van der Waals surface area (Å²) in [6, 6.07) is 16.2. The van der Waals surface area contributed by atoms with Crippen molar-refractivity contribution in [2.45, 2.75) is 6.61 Å². The van der Waals surface area contributed by atoms with Crippen LogP contribution >= 0.6 is 11.3 Å². The Kier molecular flexibility index (Phi) is 6.72. The van der Waals surface area contributed by atoms with Crippen LogP contribution in [0.4, 0.5) is 5.69 Å². The number of methoxy groups -OCH3 is 1. The maximum atomic E-state index is 12.2. The zero-order valence-electron chi connectivity index (χ0n) is 15.1. The molecule has 0 unspecified atom stereocenters. The van der Waals surface area contributed by atoms with Gasteiger partial charge in [0.15, 0.2) is 18.1 Å². The second-order valence-corrected chi connectivity index (χ2v) is 6.54. The molecule has 0 spiro atoms. The Morgan fingerprint density at radius 1 is 1.07 bits per heavy atom. The van der Waals surface area contributed by atoms with Gasteiger partial charge in [-0.2, -0.15) is 0 Å². The molecule has 2 aromatic carbocycles. The molecule has 0 aliphatic heterocycles. The quantitative estimate of drug-likeness (QED) is 0.580. The van der Waals surface area contributed by atoms with Gasteiger partial charge in [0.25, 0.3) is 5.91 Å². The minimum atomic E-state index is -0.664. The van der Waals surface area contributed by atoms with Gasteiger partial charge in [0.1, 0.15) is 10.8 Å². The van der Waals surface area contributed by atoms with Crippen LogP contribution in [0.5, 0.6) is 11.5 Å². The number of benzene rings is 2. The van der Waals surface area contributed by atoms with Gasteiger partial charge in [-0.05, 0) is 24.3 Å². The molecule has 0 aliphatic rings. The zero-order valence-corrected chi connectivity index (χ0v) is 15.9. The molecule has 3 rings (SSSR count). The van der Waals surface area contributed by atoms with Gasteiger partial charge < -0.3 is 19.5 Å². The van der Waals surface area contributed by atoms with Gasteiger partial charge in [-0.15, -0.1) is 11.3 Å². The number of rotatable bonds is 8. The monoisotopic (exact) mass is 398 g/mol. The van der Waals surface area contributed by atoms with Crippen LogP contribution in [0.15, 0.2) is 60.0 Å². The number of thiazole rings is 1. The van der Waals surface area contributed by atoms with E-state index in [0.717, 1.165) is 0 Å². The standard InChI is InChI=1S/C20H18N2O5S/c1-25-12-19-22-16(13-28-19)20(24)26-11-18(23)21-15-9-5-6-10-17(15)27-14-7-3-2-4-8-14/h2-10,13H,11-12H2,1H3,(H,21,23). The molecule has 7 nitrogen and oxygen atoms in total. The molecule has 144 valence electrons. The number of para-hydroxylation sites is 3. The van der Waals surface area contributed by atoms with Crippen LogP contribution in [0, 0.1) is 0 Å². The number of nitrogens with zero attached hydrogens (tertiary/aromatic N) is 1. The lowest BCUT2D eigenvalue weighted by molar-refractivity contribution is -0.119. The van der Waals surface area contributed by atoms with Crippen LogP contribution in [0.1, 0.15) is 15.5 Å². The fraction of sp³-hybridized carbons (Fsp3) is 0.150. The molecule has 0 saturated carbocycles. The van der Waals surface area contributed by atoms with Crippen LogP contribution in [-0.4, -0.2) is 30.6 Å². The lowest BCUT2D eigenvalue weighted by atomic mass is 10.3. The highest BCUT2D eigenvalue weighted by Crippen LogP contribution is 2.29. The van der Waals surface area contributed by atoms with E-state index in [9.17, 15) is 9.59 Å². The molecular formula is C20H18N2O5S. The lowest BCUT2D eigenvalue weighted by Crippen LogP contribution is -2.21. The molecule has 1 N–H and O–H groups in total. The van der Waals surface area contributed by atoms with Crippen molar-refractivity contribution in [1.82, 2.24) is 4.98 Å². The van der Waals surface area contributed by atoms with Crippen molar-refractivity contribution < 1.29 is 23.8 Å². The maximum Gasteiger partial charge on any atom is 0.358 e. The normalized spacial score (nSPS) is 10.3. The lowest BCUT2D eigenvalue weighted by Gasteiger charge is -2.12. The zero-order chi connectivity index (χ0) is 19.8. The number of nitrogens with one attached hydrogen (secondary N) is 1. The van der Waals surface area contributed by atoms with E-state index >= 15 is 0 Å². The molecule has 0 saturated heterocycles. The third-order valence-electron chi connectivity index (χ3n) is 3.50. The molecule has 0 bridgehead atoms. The van der Waals surface area contributed by atoms with Crippen molar-refractivity contribution >= 4 is 28.9 Å². The number of esters is 1. The van der Waals surface area contributed by atoms with Crippen molar-refractivity contribution in [3.05, 3.63) is 70.7 Å². The Balaban J connectivity index is 1.56. The van der Waals surface area contributed by atoms with Crippen molar-refractivity contribution in [2.75, 3.05) is 19.0 Å². The van der Waals surface area contributed by atoms with Gasteiger partial charge >= 0.3 is 5.97 Å². The van der Waals surface area contributed by atoms with Crippen molar-refractivity contribution in [3.8, 4) is 11.5 Å². The van der Waals surface area contributed by atoms with Crippen LogP contribution in [0.3, 0.4) is 0 Å². The number of amides is 1. The molecule has 1 aromatic heterocycles. The first-order chi connectivity index (χ1) is 13.7. The van der Waals surface area contributed by atoms with E-state index in [2.05, 4.69) is 10.3 Å². The molecule has 1 amide bonds. The number of hydrogen-bond donors (Lipinski definition) is 1. The SMILES string of the molecule is COCc1nc(C(=O)OCC(=O)Nc2ccccc2Oc2ccccc2)cs1. The predicted octanol–water partition coefficient (Wildman–Crippen LogP) is 3.88. The van der Waals surface area contributed by atoms with E-state index in [1.807, 2.05) is 30.3 Å². The summed E-state index contributed by atoms with van der Waals surface area (Å²) >= 11 is 1.29. The second kappa shape index (κ2) is 9.63. The highest BCUT2D eigenvalue weighted by molar-refractivity contribution is 7.09. The smallest absolute Gasteiger partial charge is 0.358 e. The van der Waals surface area contributed by atoms with E-state index in [1.54, 1.807) is 36.8 Å². The molecule has 3 aromatic rings. The summed E-state index contributed by atoms with van der Waals surface area (Å²) in [7, 11) is 1.54. The van der Waals surface area contributed by atoms with Crippen molar-refractivity contribution in [1.29, 1.82) is 0 Å². The number of aromatic nitrogens is 1. The number of carbonyl (C=O) groups excluding carboxylic acids is 2. The van der Waals surface area contributed by atoms with Gasteiger partial charge in [-0.25, -0.2) is 9.78 Å². The molecule has 1 heterocycles. The molecular weight excluding hydrogens is 380 g/mol. The van der Waals surface area contributed by atoms with Gasteiger partial charge in [-0.1, -0.05) is 30.3 Å². The van der Waals surface area contributed by atoms with Gasteiger partial charge in [0.05, 0.1) is 12.3 Å². The topological polar surface area (TPSA) is 86.8 Å². The number of ether oxygens (including phenoxy) is 3. The van der Waals surface area contributed by atoms with E-state index in [-0.39, 0.29) is 5.69 Å². The first kappa shape index (κ1) is 19.5. The molecule has 0 fully saturated rings. The molecule has 0 atom stereocenters. The van der Waals surface area contributed by atoms with Crippen LogP contribution in [-0.2, 0) is 20.9 Å². The highest BCUT2D eigenvalue weighted by Gasteiger charge is 2.15. The number of hydrogen-bond acceptors (Lipinski definition) is 7. The summed E-state index contributed by atoms with van der Waals surface area (Å²) in [5, 5.41) is 4.91. The minimum Gasteiger partial charge on any atom is -0.455 e. The summed E-state index contributed by atoms with van der Waals surface area (Å²) in [6.45, 7) is -0.119. The van der Waals surface area contributed by atoms with E-state index in [0.29, 0.717) is 28.8 Å². The summed E-state index contributed by atoms with van der Waals surface area (Å²) in [4.78, 5) is 28.3. The summed E-state index contributed by atoms with van der Waals surface area (Å²) in [5.74, 6) is -0.0181. The van der Waals surface area contributed by atoms with Crippen LogP contribution in [0.25, 0.3) is 0 Å². The van der Waals surface area contributed by atoms with Crippen molar-refractivity contribution in [2.24, 2.45) is 0 Å². The fourth-order valence-corrected chi connectivity index (χ4v) is 2.99. The Hall–Kier alpha value is -3.23. The molecule has 8 heteroatoms. The first-order valence-electron chi connectivity index (χ1n) is 8.38. The Bertz CT molecular complexity index is 943. The summed E-state index contributed by atoms with van der Waals surface area (Å²) in [5.41, 5.74) is 0.626. The van der Waals surface area contributed by atoms with Gasteiger partial charge in [-0.3, -0.25) is 4.79 Å². The van der Waals surface area contributed by atoms with Crippen molar-refractivity contribution in [3.63, 3.8) is 0 Å². The largest absolute Gasteiger partial charge is 0.455 e. The van der Waals surface area contributed by atoms with E-state index in [4.69, 9.17) is 14.2 Å². The predicted molar refractivity (Wildman–Crippen MR) is 105 cm³/mol. The van der Waals surface area contributed by atoms with Gasteiger partial charge in [0, 0.05) is 12.5 Å². The Morgan fingerprint density at radius 2 is 1.82 bits per heavy atom. The van der Waals surface area contributed by atoms with Crippen LogP contribution < -0.4 is 10.1 Å². The molecule has 28 heavy (non-hydrogen) atoms. The first-order valence-corrected chi connectivity index (χ1v) is 9.26. The summed E-state index contributed by atoms with van der Waals surface area (Å²) in [6.07, 6.45) is 0. The van der Waals surface area contributed by atoms with Gasteiger partial charge in [0.2, 0.25) is 0 Å². The van der Waals surface area contributed by atoms with E-state index < -0.39 is 18.5 Å². The van der Waals surface area contributed by atoms with Crippen LogP contribution in [0.2, 0.25) is 0 Å². The highest BCUT2D eigenvalue weighted by atomic mass is 32.1.